The lowest BCUT2D eigenvalue weighted by Crippen LogP contribution is -2.36. The Morgan fingerprint density at radius 3 is 2.54 bits per heavy atom. The van der Waals surface area contributed by atoms with Crippen LogP contribution >= 0.6 is 0 Å². The number of aromatic nitrogens is 2. The average molecular weight is 353 g/mol. The Hall–Kier alpha value is -3.28. The summed E-state index contributed by atoms with van der Waals surface area (Å²) in [5.41, 5.74) is 0.873. The highest BCUT2D eigenvalue weighted by Crippen LogP contribution is 2.13. The maximum Gasteiger partial charge on any atom is 0.244 e. The van der Waals surface area contributed by atoms with Crippen molar-refractivity contribution in [3.05, 3.63) is 84.2 Å². The van der Waals surface area contributed by atoms with Gasteiger partial charge in [0.2, 0.25) is 17.9 Å². The number of ether oxygens (including phenoxy) is 1. The number of hydrogen-bond acceptors (Lipinski definition) is 3. The van der Waals surface area contributed by atoms with Gasteiger partial charge in [0.05, 0.1) is 7.11 Å². The number of imidazole rings is 1. The van der Waals surface area contributed by atoms with Crippen molar-refractivity contribution in [3.8, 4) is 5.75 Å². The lowest BCUT2D eigenvalue weighted by molar-refractivity contribution is -0.682. The van der Waals surface area contributed by atoms with Crippen LogP contribution in [0.2, 0.25) is 0 Å². The summed E-state index contributed by atoms with van der Waals surface area (Å²) in [4.78, 5) is 24.6. The molecule has 0 aliphatic heterocycles. The van der Waals surface area contributed by atoms with Crippen molar-refractivity contribution in [2.24, 2.45) is 0 Å². The molecule has 0 spiro atoms. The van der Waals surface area contributed by atoms with E-state index >= 15 is 0 Å². The number of carbonyl (C=O) groups is 2. The van der Waals surface area contributed by atoms with E-state index in [1.165, 1.54) is 18.2 Å². The zero-order chi connectivity index (χ0) is 18.5. The molecule has 0 unspecified atom stereocenters. The number of Topliss-reactive ketones (excluding diaryl/α,β-unsaturated/α-hetero) is 2. The van der Waals surface area contributed by atoms with Crippen LogP contribution in [0.1, 0.15) is 20.7 Å². The number of nitrogens with zero attached hydrogens (tertiary/aromatic N) is 2. The Labute approximate surface area is 150 Å². The Kier molecular flexibility index (Phi) is 5.22. The second-order valence-electron chi connectivity index (χ2n) is 5.85. The molecule has 0 radical (unpaired) electrons. The summed E-state index contributed by atoms with van der Waals surface area (Å²) in [6, 6.07) is 12.6. The topological polar surface area (TPSA) is 52.2 Å². The normalized spacial score (nSPS) is 10.5. The fourth-order valence-corrected chi connectivity index (χ4v) is 2.60. The highest BCUT2D eigenvalue weighted by atomic mass is 19.1. The fraction of sp³-hybridized carbons (Fsp3) is 0.150. The first kappa shape index (κ1) is 17.5. The molecular weight excluding hydrogens is 335 g/mol. The van der Waals surface area contributed by atoms with Crippen molar-refractivity contribution in [1.82, 2.24) is 4.57 Å². The summed E-state index contributed by atoms with van der Waals surface area (Å²) >= 11 is 0. The van der Waals surface area contributed by atoms with E-state index in [4.69, 9.17) is 4.74 Å². The highest BCUT2D eigenvalue weighted by Gasteiger charge is 2.15. The SMILES string of the molecule is COc1cccc(C(=O)C[n+]2ccn(CC(=O)c3cccc(F)c3)c2)c1. The van der Waals surface area contributed by atoms with Crippen LogP contribution in [-0.4, -0.2) is 23.2 Å². The van der Waals surface area contributed by atoms with Crippen LogP contribution in [0.15, 0.2) is 67.3 Å². The van der Waals surface area contributed by atoms with E-state index in [1.807, 2.05) is 0 Å². The first-order valence-corrected chi connectivity index (χ1v) is 8.06. The molecular formula is C20H18FN2O3+. The second kappa shape index (κ2) is 7.74. The van der Waals surface area contributed by atoms with E-state index in [-0.39, 0.29) is 24.7 Å². The van der Waals surface area contributed by atoms with Crippen LogP contribution in [0, 0.1) is 5.82 Å². The molecule has 0 bridgehead atoms. The molecule has 2 aromatic carbocycles. The van der Waals surface area contributed by atoms with Gasteiger partial charge in [0, 0.05) is 11.1 Å². The van der Waals surface area contributed by atoms with Crippen LogP contribution in [0.4, 0.5) is 4.39 Å². The fourth-order valence-electron chi connectivity index (χ4n) is 2.60. The number of carbonyl (C=O) groups excluding carboxylic acids is 2. The van der Waals surface area contributed by atoms with Gasteiger partial charge < -0.3 is 4.74 Å². The summed E-state index contributed by atoms with van der Waals surface area (Å²) in [7, 11) is 1.55. The van der Waals surface area contributed by atoms with Gasteiger partial charge in [-0.25, -0.2) is 13.5 Å². The van der Waals surface area contributed by atoms with Gasteiger partial charge in [-0.2, -0.15) is 0 Å². The van der Waals surface area contributed by atoms with E-state index in [0.29, 0.717) is 16.9 Å². The van der Waals surface area contributed by atoms with Gasteiger partial charge in [-0.15, -0.1) is 0 Å². The minimum Gasteiger partial charge on any atom is -0.497 e. The number of rotatable bonds is 7. The zero-order valence-corrected chi connectivity index (χ0v) is 14.3. The standard InChI is InChI=1S/C20H18FN2O3/c1-26-18-7-3-5-16(11-18)20(25)13-23-9-8-22(14-23)12-19(24)15-4-2-6-17(21)10-15/h2-11,14H,12-13H2,1H3/q+1. The van der Waals surface area contributed by atoms with Gasteiger partial charge in [0.15, 0.2) is 13.1 Å². The van der Waals surface area contributed by atoms with Crippen molar-refractivity contribution in [2.75, 3.05) is 7.11 Å². The Balaban J connectivity index is 1.66. The second-order valence-corrected chi connectivity index (χ2v) is 5.85. The molecule has 1 aromatic heterocycles. The number of halogens is 1. The maximum absolute atomic E-state index is 13.2. The van der Waals surface area contributed by atoms with E-state index in [1.54, 1.807) is 65.3 Å². The van der Waals surface area contributed by atoms with Gasteiger partial charge >= 0.3 is 0 Å². The van der Waals surface area contributed by atoms with Crippen LogP contribution in [0.3, 0.4) is 0 Å². The third-order valence-corrected chi connectivity index (χ3v) is 3.94. The first-order chi connectivity index (χ1) is 12.5. The van der Waals surface area contributed by atoms with E-state index in [2.05, 4.69) is 0 Å². The van der Waals surface area contributed by atoms with Crippen LogP contribution in [0.5, 0.6) is 5.75 Å². The van der Waals surface area contributed by atoms with E-state index < -0.39 is 5.82 Å². The number of ketones is 2. The number of methoxy groups -OCH3 is 1. The summed E-state index contributed by atoms with van der Waals surface area (Å²) in [6.07, 6.45) is 5.10. The lowest BCUT2D eigenvalue weighted by Gasteiger charge is -2.02. The molecule has 6 heteroatoms. The molecule has 132 valence electrons. The third kappa shape index (κ3) is 4.22. The molecule has 0 fully saturated rings. The Bertz CT molecular complexity index is 949. The van der Waals surface area contributed by atoms with Crippen LogP contribution < -0.4 is 9.30 Å². The predicted octanol–water partition coefficient (Wildman–Crippen LogP) is 2.69. The minimum atomic E-state index is -0.442. The molecule has 0 saturated heterocycles. The summed E-state index contributed by atoms with van der Waals surface area (Å²) in [6.45, 7) is 0.220. The molecule has 1 heterocycles. The monoisotopic (exact) mass is 353 g/mol. The smallest absolute Gasteiger partial charge is 0.244 e. The average Bonchev–Trinajstić information content (AvgIpc) is 3.08. The first-order valence-electron chi connectivity index (χ1n) is 8.06. The van der Waals surface area contributed by atoms with Crippen molar-refractivity contribution < 1.29 is 23.3 Å². The predicted molar refractivity (Wildman–Crippen MR) is 92.7 cm³/mol. The maximum atomic E-state index is 13.2. The van der Waals surface area contributed by atoms with Crippen molar-refractivity contribution in [3.63, 3.8) is 0 Å². The molecule has 3 rings (SSSR count). The van der Waals surface area contributed by atoms with Gasteiger partial charge in [-0.3, -0.25) is 9.59 Å². The third-order valence-electron chi connectivity index (χ3n) is 3.94. The Morgan fingerprint density at radius 1 is 1.08 bits per heavy atom. The molecule has 5 nitrogen and oxygen atoms in total. The highest BCUT2D eigenvalue weighted by molar-refractivity contribution is 5.96. The van der Waals surface area contributed by atoms with Gasteiger partial charge in [-0.05, 0) is 24.3 Å². The quantitative estimate of drug-likeness (QED) is 0.485. The summed E-state index contributed by atoms with van der Waals surface area (Å²) in [5.74, 6) is -0.0871. The molecule has 0 N–H and O–H groups in total. The molecule has 0 aliphatic carbocycles. The number of benzene rings is 2. The molecule has 3 aromatic rings. The van der Waals surface area contributed by atoms with Crippen molar-refractivity contribution in [1.29, 1.82) is 0 Å². The molecule has 0 atom stereocenters. The van der Waals surface area contributed by atoms with Crippen molar-refractivity contribution >= 4 is 11.6 Å². The number of hydrogen-bond donors (Lipinski definition) is 0. The van der Waals surface area contributed by atoms with Crippen molar-refractivity contribution in [2.45, 2.75) is 13.1 Å². The summed E-state index contributed by atoms with van der Waals surface area (Å²) < 4.78 is 21.7. The zero-order valence-electron chi connectivity index (χ0n) is 14.3. The molecule has 0 amide bonds. The Morgan fingerprint density at radius 2 is 1.81 bits per heavy atom. The van der Waals surface area contributed by atoms with E-state index in [0.717, 1.165) is 0 Å². The summed E-state index contributed by atoms with van der Waals surface area (Å²) in [5, 5.41) is 0. The van der Waals surface area contributed by atoms with E-state index in [9.17, 15) is 14.0 Å². The largest absolute Gasteiger partial charge is 0.497 e. The minimum absolute atomic E-state index is 0.0666. The van der Waals surface area contributed by atoms with Crippen LogP contribution in [0.25, 0.3) is 0 Å². The van der Waals surface area contributed by atoms with Gasteiger partial charge in [0.25, 0.3) is 0 Å². The molecule has 0 aliphatic rings. The molecule has 26 heavy (non-hydrogen) atoms. The lowest BCUT2D eigenvalue weighted by atomic mass is 10.1. The van der Waals surface area contributed by atoms with Crippen LogP contribution in [-0.2, 0) is 13.1 Å². The van der Waals surface area contributed by atoms with Gasteiger partial charge in [0.1, 0.15) is 24.0 Å². The molecule has 0 saturated carbocycles. The van der Waals surface area contributed by atoms with Gasteiger partial charge in [-0.1, -0.05) is 24.3 Å².